The predicted molar refractivity (Wildman–Crippen MR) is 79.2 cm³/mol. The summed E-state index contributed by atoms with van der Waals surface area (Å²) in [4.78, 5) is 11.6. The topological polar surface area (TPSA) is 46.5 Å². The maximum absolute atomic E-state index is 11.6. The third kappa shape index (κ3) is 2.74. The summed E-state index contributed by atoms with van der Waals surface area (Å²) in [5.41, 5.74) is -0.617. The Bertz CT molecular complexity index is 374. The molecule has 5 atom stereocenters. The molecule has 0 heterocycles. The quantitative estimate of drug-likeness (QED) is 0.788. The zero-order chi connectivity index (χ0) is 15.1. The van der Waals surface area contributed by atoms with Crippen molar-refractivity contribution in [2.75, 3.05) is 0 Å². The zero-order valence-corrected chi connectivity index (χ0v) is 13.6. The van der Waals surface area contributed by atoms with Crippen LogP contribution in [0.2, 0.25) is 0 Å². The van der Waals surface area contributed by atoms with Gasteiger partial charge in [-0.25, -0.2) is 0 Å². The van der Waals surface area contributed by atoms with Gasteiger partial charge in [0, 0.05) is 12.8 Å². The Morgan fingerprint density at radius 1 is 1.25 bits per heavy atom. The van der Waals surface area contributed by atoms with Crippen molar-refractivity contribution in [1.82, 2.24) is 0 Å². The maximum Gasteiger partial charge on any atom is 0.302 e. The van der Waals surface area contributed by atoms with Crippen LogP contribution in [0.5, 0.6) is 0 Å². The first-order chi connectivity index (χ1) is 9.17. The van der Waals surface area contributed by atoms with Crippen LogP contribution < -0.4 is 0 Å². The highest BCUT2D eigenvalue weighted by molar-refractivity contribution is 5.66. The molecule has 1 N–H and O–H groups in total. The Labute approximate surface area is 123 Å². The second-order valence-corrected chi connectivity index (χ2v) is 7.86. The molecule has 0 saturated heterocycles. The highest BCUT2D eigenvalue weighted by Crippen LogP contribution is 2.57. The van der Waals surface area contributed by atoms with E-state index in [1.54, 1.807) is 0 Å². The molecule has 2 aliphatic rings. The van der Waals surface area contributed by atoms with Gasteiger partial charge in [-0.3, -0.25) is 4.79 Å². The highest BCUT2D eigenvalue weighted by Gasteiger charge is 2.57. The molecule has 0 aromatic heterocycles. The number of hydrogen-bond acceptors (Lipinski definition) is 3. The van der Waals surface area contributed by atoms with E-state index in [9.17, 15) is 9.90 Å². The molecule has 20 heavy (non-hydrogen) atoms. The number of hydrogen-bond donors (Lipinski definition) is 1. The van der Waals surface area contributed by atoms with Crippen LogP contribution in [0.1, 0.15) is 66.7 Å². The molecule has 2 aliphatic carbocycles. The van der Waals surface area contributed by atoms with Gasteiger partial charge in [-0.05, 0) is 49.9 Å². The van der Waals surface area contributed by atoms with E-state index in [4.69, 9.17) is 4.74 Å². The summed E-state index contributed by atoms with van der Waals surface area (Å²) in [6, 6.07) is 0. The van der Waals surface area contributed by atoms with E-state index in [0.29, 0.717) is 11.8 Å². The van der Waals surface area contributed by atoms with Gasteiger partial charge in [0.1, 0.15) is 6.10 Å². The minimum atomic E-state index is -0.722. The Kier molecular flexibility index (Phi) is 4.21. The number of rotatable bonds is 2. The lowest BCUT2D eigenvalue weighted by Crippen LogP contribution is -2.59. The monoisotopic (exact) mass is 282 g/mol. The fraction of sp³-hybridized carbons (Fsp3) is 0.941. The summed E-state index contributed by atoms with van der Waals surface area (Å²) in [7, 11) is 0. The minimum absolute atomic E-state index is 0.0637. The van der Waals surface area contributed by atoms with Crippen molar-refractivity contribution in [2.24, 2.45) is 23.2 Å². The smallest absolute Gasteiger partial charge is 0.302 e. The van der Waals surface area contributed by atoms with Crippen LogP contribution in [0.25, 0.3) is 0 Å². The molecule has 0 amide bonds. The fourth-order valence-corrected chi connectivity index (χ4v) is 4.91. The average Bonchev–Trinajstić information content (AvgIpc) is 2.25. The molecular formula is C17H30O3. The van der Waals surface area contributed by atoms with Crippen LogP contribution >= 0.6 is 0 Å². The van der Waals surface area contributed by atoms with Gasteiger partial charge in [0.05, 0.1) is 5.60 Å². The molecule has 3 nitrogen and oxygen atoms in total. The van der Waals surface area contributed by atoms with Gasteiger partial charge in [-0.2, -0.15) is 0 Å². The van der Waals surface area contributed by atoms with E-state index in [-0.39, 0.29) is 23.4 Å². The van der Waals surface area contributed by atoms with Crippen molar-refractivity contribution in [3.05, 3.63) is 0 Å². The lowest BCUT2D eigenvalue weighted by Gasteiger charge is -2.57. The van der Waals surface area contributed by atoms with Gasteiger partial charge in [0.15, 0.2) is 0 Å². The molecule has 2 rings (SSSR count). The van der Waals surface area contributed by atoms with Gasteiger partial charge in [-0.1, -0.05) is 27.2 Å². The highest BCUT2D eigenvalue weighted by atomic mass is 16.5. The van der Waals surface area contributed by atoms with Crippen molar-refractivity contribution < 1.29 is 14.6 Å². The van der Waals surface area contributed by atoms with E-state index >= 15 is 0 Å². The first-order valence-electron chi connectivity index (χ1n) is 8.07. The summed E-state index contributed by atoms with van der Waals surface area (Å²) in [5, 5.41) is 10.9. The summed E-state index contributed by atoms with van der Waals surface area (Å²) < 4.78 is 5.74. The largest absolute Gasteiger partial charge is 0.462 e. The van der Waals surface area contributed by atoms with E-state index in [0.717, 1.165) is 32.1 Å². The van der Waals surface area contributed by atoms with Crippen LogP contribution in [0.3, 0.4) is 0 Å². The molecule has 2 saturated carbocycles. The van der Waals surface area contributed by atoms with Crippen molar-refractivity contribution >= 4 is 5.97 Å². The molecule has 0 bridgehead atoms. The summed E-state index contributed by atoms with van der Waals surface area (Å²) >= 11 is 0. The number of fused-ring (bicyclic) bond motifs is 1. The molecule has 0 radical (unpaired) electrons. The molecule has 0 aromatic rings. The van der Waals surface area contributed by atoms with Gasteiger partial charge < -0.3 is 9.84 Å². The predicted octanol–water partition coefficient (Wildman–Crippen LogP) is 3.54. The number of carbonyl (C=O) groups is 1. The Hall–Kier alpha value is -0.570. The second-order valence-electron chi connectivity index (χ2n) is 7.86. The number of esters is 1. The third-order valence-corrected chi connectivity index (χ3v) is 5.81. The Morgan fingerprint density at radius 2 is 1.90 bits per heavy atom. The van der Waals surface area contributed by atoms with E-state index in [2.05, 4.69) is 20.8 Å². The summed E-state index contributed by atoms with van der Waals surface area (Å²) in [5.74, 6) is 0.684. The van der Waals surface area contributed by atoms with E-state index in [1.807, 2.05) is 6.92 Å². The molecule has 0 aliphatic heterocycles. The van der Waals surface area contributed by atoms with E-state index < -0.39 is 5.60 Å². The molecule has 3 heteroatoms. The van der Waals surface area contributed by atoms with Gasteiger partial charge >= 0.3 is 5.97 Å². The number of aliphatic hydroxyl groups is 1. The second kappa shape index (κ2) is 5.32. The normalized spacial score (nSPS) is 45.0. The maximum atomic E-state index is 11.6. The van der Waals surface area contributed by atoms with E-state index in [1.165, 1.54) is 6.92 Å². The van der Waals surface area contributed by atoms with Crippen LogP contribution in [0.15, 0.2) is 0 Å². The van der Waals surface area contributed by atoms with Crippen LogP contribution in [-0.4, -0.2) is 22.8 Å². The van der Waals surface area contributed by atoms with Crippen LogP contribution in [-0.2, 0) is 9.53 Å². The number of carbonyl (C=O) groups excluding carboxylic acids is 1. The standard InChI is InChI=1S/C17H30O3/c1-11(2)13-7-10-16(4)8-6-9-17(5,19)15(16)14(13)20-12(3)18/h11,13-15,19H,6-10H2,1-5H3/t13-,14+,15-,16-,17-/m1/s1. The first kappa shape index (κ1) is 15.8. The number of ether oxygens (including phenoxy) is 1. The Morgan fingerprint density at radius 3 is 2.45 bits per heavy atom. The van der Waals surface area contributed by atoms with Gasteiger partial charge in [0.2, 0.25) is 0 Å². The van der Waals surface area contributed by atoms with Crippen molar-refractivity contribution in [3.63, 3.8) is 0 Å². The molecular weight excluding hydrogens is 252 g/mol. The SMILES string of the molecule is CC(=O)O[C@H]1[C@@H](C(C)C)CC[C@@]2(C)CCC[C@@](C)(O)[C@H]12. The molecule has 2 fully saturated rings. The van der Waals surface area contributed by atoms with Crippen LogP contribution in [0, 0.1) is 23.2 Å². The summed E-state index contributed by atoms with van der Waals surface area (Å²) in [6.45, 7) is 10.1. The molecule has 0 spiro atoms. The lowest BCUT2D eigenvalue weighted by atomic mass is 9.51. The minimum Gasteiger partial charge on any atom is -0.462 e. The molecule has 0 unspecified atom stereocenters. The van der Waals surface area contributed by atoms with Crippen molar-refractivity contribution in [1.29, 1.82) is 0 Å². The third-order valence-electron chi connectivity index (χ3n) is 5.81. The average molecular weight is 282 g/mol. The van der Waals surface area contributed by atoms with Crippen molar-refractivity contribution in [2.45, 2.75) is 78.4 Å². The molecule has 116 valence electrons. The van der Waals surface area contributed by atoms with Crippen molar-refractivity contribution in [3.8, 4) is 0 Å². The lowest BCUT2D eigenvalue weighted by molar-refractivity contribution is -0.203. The summed E-state index contributed by atoms with van der Waals surface area (Å²) in [6.07, 6.45) is 5.11. The van der Waals surface area contributed by atoms with Gasteiger partial charge in [0.25, 0.3) is 0 Å². The zero-order valence-electron chi connectivity index (χ0n) is 13.6. The van der Waals surface area contributed by atoms with Gasteiger partial charge in [-0.15, -0.1) is 0 Å². The fourth-order valence-electron chi connectivity index (χ4n) is 4.91. The van der Waals surface area contributed by atoms with Crippen LogP contribution in [0.4, 0.5) is 0 Å². The Balaban J connectivity index is 2.37. The molecule has 0 aromatic carbocycles. The first-order valence-corrected chi connectivity index (χ1v) is 8.07.